The van der Waals surface area contributed by atoms with Crippen LogP contribution in [-0.2, 0) is 0 Å². The summed E-state index contributed by atoms with van der Waals surface area (Å²) in [5, 5.41) is 0. The third-order valence-electron chi connectivity index (χ3n) is 9.69. The van der Waals surface area contributed by atoms with Gasteiger partial charge in [-0.05, 0) is 140 Å². The average Bonchev–Trinajstić information content (AvgIpc) is 2.93. The molecule has 2 heteroatoms. The SMILES string of the molecule is C=CC1CCC(c2ccc(C3CC=C(c4ccc(C5CCC(CC)CC5)c(F)c4)CC3)c(F)c2)CC1. The highest BCUT2D eigenvalue weighted by Gasteiger charge is 2.26. The topological polar surface area (TPSA) is 0 Å². The molecule has 3 aliphatic rings. The molecule has 0 heterocycles. The Morgan fingerprint density at radius 1 is 0.778 bits per heavy atom. The maximum Gasteiger partial charge on any atom is 0.127 e. The van der Waals surface area contributed by atoms with Crippen molar-refractivity contribution in [2.45, 2.75) is 102 Å². The van der Waals surface area contributed by atoms with Crippen LogP contribution in [0.25, 0.3) is 5.57 Å². The van der Waals surface area contributed by atoms with Crippen LogP contribution in [0.4, 0.5) is 8.78 Å². The van der Waals surface area contributed by atoms with Gasteiger partial charge in [0.1, 0.15) is 11.6 Å². The summed E-state index contributed by atoms with van der Waals surface area (Å²) < 4.78 is 30.3. The van der Waals surface area contributed by atoms with Crippen molar-refractivity contribution in [2.75, 3.05) is 0 Å². The Kier molecular flexibility index (Phi) is 8.09. The van der Waals surface area contributed by atoms with Crippen molar-refractivity contribution in [2.24, 2.45) is 11.8 Å². The van der Waals surface area contributed by atoms with Crippen molar-refractivity contribution in [1.82, 2.24) is 0 Å². The number of rotatable bonds is 6. The minimum atomic E-state index is -0.0478. The van der Waals surface area contributed by atoms with Crippen molar-refractivity contribution in [3.05, 3.63) is 89.0 Å². The first-order chi connectivity index (χ1) is 17.6. The van der Waals surface area contributed by atoms with E-state index in [1.807, 2.05) is 12.1 Å². The predicted octanol–water partition coefficient (Wildman–Crippen LogP) is 10.5. The van der Waals surface area contributed by atoms with E-state index in [1.54, 1.807) is 12.1 Å². The Balaban J connectivity index is 1.22. The fraction of sp³-hybridized carbons (Fsp3) is 0.529. The Bertz CT molecular complexity index is 1080. The van der Waals surface area contributed by atoms with E-state index in [-0.39, 0.29) is 17.6 Å². The second kappa shape index (κ2) is 11.4. The van der Waals surface area contributed by atoms with Gasteiger partial charge < -0.3 is 0 Å². The number of hydrogen-bond acceptors (Lipinski definition) is 0. The maximum atomic E-state index is 15.2. The molecule has 0 spiro atoms. The van der Waals surface area contributed by atoms with Crippen LogP contribution >= 0.6 is 0 Å². The van der Waals surface area contributed by atoms with Crippen molar-refractivity contribution in [1.29, 1.82) is 0 Å². The summed E-state index contributed by atoms with van der Waals surface area (Å²) in [6.45, 7) is 6.20. The number of allylic oxidation sites excluding steroid dienone is 3. The van der Waals surface area contributed by atoms with Crippen LogP contribution in [0.15, 0.2) is 55.1 Å². The molecule has 192 valence electrons. The molecule has 1 unspecified atom stereocenters. The maximum absolute atomic E-state index is 15.2. The zero-order valence-corrected chi connectivity index (χ0v) is 22.0. The minimum absolute atomic E-state index is 0.0424. The van der Waals surface area contributed by atoms with Gasteiger partial charge in [-0.1, -0.05) is 49.8 Å². The molecule has 2 aromatic rings. The molecule has 0 N–H and O–H groups in total. The summed E-state index contributed by atoms with van der Waals surface area (Å²) >= 11 is 0. The summed E-state index contributed by atoms with van der Waals surface area (Å²) in [5.41, 5.74) is 5.12. The van der Waals surface area contributed by atoms with E-state index in [2.05, 4.69) is 37.8 Å². The third kappa shape index (κ3) is 5.53. The van der Waals surface area contributed by atoms with Gasteiger partial charge in [0.15, 0.2) is 0 Å². The molecule has 0 nitrogen and oxygen atoms in total. The molecule has 3 aliphatic carbocycles. The number of halogens is 2. The molecule has 0 bridgehead atoms. The van der Waals surface area contributed by atoms with Crippen LogP contribution in [0.1, 0.15) is 124 Å². The molecular formula is C34H42F2. The molecule has 0 aromatic heterocycles. The van der Waals surface area contributed by atoms with Crippen LogP contribution < -0.4 is 0 Å². The minimum Gasteiger partial charge on any atom is -0.207 e. The molecular weight excluding hydrogens is 446 g/mol. The average molecular weight is 489 g/mol. The largest absolute Gasteiger partial charge is 0.207 e. The van der Waals surface area contributed by atoms with Crippen LogP contribution in [0.3, 0.4) is 0 Å². The van der Waals surface area contributed by atoms with Crippen LogP contribution in [0, 0.1) is 23.5 Å². The first kappa shape index (κ1) is 25.4. The summed E-state index contributed by atoms with van der Waals surface area (Å²) in [5.74, 6) is 2.41. The van der Waals surface area contributed by atoms with Crippen LogP contribution in [0.5, 0.6) is 0 Å². The third-order valence-corrected chi connectivity index (χ3v) is 9.69. The van der Waals surface area contributed by atoms with E-state index in [1.165, 1.54) is 24.8 Å². The lowest BCUT2D eigenvalue weighted by atomic mass is 9.77. The fourth-order valence-corrected chi connectivity index (χ4v) is 7.14. The Morgan fingerprint density at radius 2 is 1.44 bits per heavy atom. The summed E-state index contributed by atoms with van der Waals surface area (Å²) in [6, 6.07) is 11.9. The summed E-state index contributed by atoms with van der Waals surface area (Å²) in [4.78, 5) is 0. The number of hydrogen-bond donors (Lipinski definition) is 0. The van der Waals surface area contributed by atoms with Gasteiger partial charge in [-0.15, -0.1) is 6.58 Å². The smallest absolute Gasteiger partial charge is 0.127 e. The quantitative estimate of drug-likeness (QED) is 0.355. The Morgan fingerprint density at radius 3 is 2.06 bits per heavy atom. The van der Waals surface area contributed by atoms with Gasteiger partial charge in [-0.25, -0.2) is 8.78 Å². The monoisotopic (exact) mass is 488 g/mol. The van der Waals surface area contributed by atoms with Gasteiger partial charge in [-0.2, -0.15) is 0 Å². The van der Waals surface area contributed by atoms with E-state index >= 15 is 8.78 Å². The fourth-order valence-electron chi connectivity index (χ4n) is 7.14. The second-order valence-electron chi connectivity index (χ2n) is 11.7. The van der Waals surface area contributed by atoms with Crippen molar-refractivity contribution < 1.29 is 8.78 Å². The molecule has 0 saturated heterocycles. The summed E-state index contributed by atoms with van der Waals surface area (Å²) in [7, 11) is 0. The molecule has 2 saturated carbocycles. The van der Waals surface area contributed by atoms with Gasteiger partial charge in [0.25, 0.3) is 0 Å². The molecule has 5 rings (SSSR count). The standard InChI is InChI=1S/C34H42F2/c1-3-23-5-9-25(10-6-23)29-17-20-32(34(36)21-29)28-15-13-26(14-16-28)30-18-19-31(33(35)22-30)27-11-7-24(4-2)8-12-27/h3,13,17-25,27-28H,1,4-12,14-16H2,2H3. The molecule has 36 heavy (non-hydrogen) atoms. The first-order valence-electron chi connectivity index (χ1n) is 14.5. The summed E-state index contributed by atoms with van der Waals surface area (Å²) in [6.07, 6.45) is 17.4. The van der Waals surface area contributed by atoms with Gasteiger partial charge in [-0.3, -0.25) is 0 Å². The van der Waals surface area contributed by atoms with E-state index in [0.29, 0.717) is 17.8 Å². The molecule has 2 aromatic carbocycles. The zero-order chi connectivity index (χ0) is 25.1. The predicted molar refractivity (Wildman–Crippen MR) is 147 cm³/mol. The zero-order valence-electron chi connectivity index (χ0n) is 22.0. The Hall–Kier alpha value is -2.22. The molecule has 0 radical (unpaired) electrons. The molecule has 0 aliphatic heterocycles. The lowest BCUT2D eigenvalue weighted by Crippen LogP contribution is -2.14. The van der Waals surface area contributed by atoms with Crippen molar-refractivity contribution in [3.8, 4) is 0 Å². The Labute approximate surface area is 216 Å². The highest BCUT2D eigenvalue weighted by atomic mass is 19.1. The van der Waals surface area contributed by atoms with E-state index in [0.717, 1.165) is 86.0 Å². The lowest BCUT2D eigenvalue weighted by Gasteiger charge is -2.29. The normalized spacial score (nSPS) is 29.0. The van der Waals surface area contributed by atoms with Crippen LogP contribution in [0.2, 0.25) is 0 Å². The highest BCUT2D eigenvalue weighted by molar-refractivity contribution is 5.67. The number of benzene rings is 2. The molecule has 0 amide bonds. The highest BCUT2D eigenvalue weighted by Crippen LogP contribution is 2.42. The van der Waals surface area contributed by atoms with E-state index < -0.39 is 0 Å². The van der Waals surface area contributed by atoms with Gasteiger partial charge in [0.2, 0.25) is 0 Å². The van der Waals surface area contributed by atoms with E-state index in [4.69, 9.17) is 0 Å². The van der Waals surface area contributed by atoms with Gasteiger partial charge in [0, 0.05) is 0 Å². The van der Waals surface area contributed by atoms with Gasteiger partial charge >= 0.3 is 0 Å². The van der Waals surface area contributed by atoms with Gasteiger partial charge in [0.05, 0.1) is 0 Å². The van der Waals surface area contributed by atoms with Crippen LogP contribution in [-0.4, -0.2) is 0 Å². The molecule has 2 fully saturated rings. The van der Waals surface area contributed by atoms with Crippen molar-refractivity contribution in [3.63, 3.8) is 0 Å². The van der Waals surface area contributed by atoms with Crippen molar-refractivity contribution >= 4 is 5.57 Å². The second-order valence-corrected chi connectivity index (χ2v) is 11.7. The first-order valence-corrected chi connectivity index (χ1v) is 14.5. The lowest BCUT2D eigenvalue weighted by molar-refractivity contribution is 0.314. The molecule has 1 atom stereocenters. The van der Waals surface area contributed by atoms with E-state index in [9.17, 15) is 0 Å².